The maximum absolute atomic E-state index is 10.5. The van der Waals surface area contributed by atoms with E-state index < -0.39 is 10.0 Å². The highest BCUT2D eigenvalue weighted by Crippen LogP contribution is 2.05. The van der Waals surface area contributed by atoms with E-state index >= 15 is 0 Å². The zero-order valence-corrected chi connectivity index (χ0v) is 11.1. The van der Waals surface area contributed by atoms with Crippen molar-refractivity contribution in [2.45, 2.75) is 45.4 Å². The Kier molecular flexibility index (Phi) is 13.7. The highest BCUT2D eigenvalue weighted by Gasteiger charge is 2.00. The lowest BCUT2D eigenvalue weighted by atomic mass is 10.1. The van der Waals surface area contributed by atoms with Crippen LogP contribution in [0.3, 0.4) is 0 Å². The first-order valence-electron chi connectivity index (χ1n) is 5.56. The van der Waals surface area contributed by atoms with Gasteiger partial charge in [-0.15, -0.1) is 0 Å². The van der Waals surface area contributed by atoms with Crippen molar-refractivity contribution in [1.29, 1.82) is 0 Å². The lowest BCUT2D eigenvalue weighted by Gasteiger charge is -1.98. The van der Waals surface area contributed by atoms with E-state index in [9.17, 15) is 8.42 Å². The number of nitrogens with one attached hydrogen (secondary N) is 1. The van der Waals surface area contributed by atoms with Gasteiger partial charge >= 0.3 is 0 Å². The van der Waals surface area contributed by atoms with Gasteiger partial charge < -0.3 is 5.32 Å². The Morgan fingerprint density at radius 3 is 1.80 bits per heavy atom. The largest absolute Gasteiger partial charge is 0.323 e. The second-order valence-corrected chi connectivity index (χ2v) is 5.37. The Morgan fingerprint density at radius 2 is 1.40 bits per heavy atom. The quantitative estimate of drug-likeness (QED) is 0.660. The van der Waals surface area contributed by atoms with Crippen LogP contribution in [-0.2, 0) is 10.0 Å². The van der Waals surface area contributed by atoms with E-state index in [0.717, 1.165) is 12.8 Å². The van der Waals surface area contributed by atoms with Crippen LogP contribution in [0, 0.1) is 0 Å². The summed E-state index contributed by atoms with van der Waals surface area (Å²) in [5.41, 5.74) is 0. The van der Waals surface area contributed by atoms with Crippen molar-refractivity contribution in [2.75, 3.05) is 19.8 Å². The second kappa shape index (κ2) is 11.9. The molecular formula is C10H26N2O2S. The van der Waals surface area contributed by atoms with E-state index in [-0.39, 0.29) is 5.75 Å². The van der Waals surface area contributed by atoms with Crippen molar-refractivity contribution in [3.63, 3.8) is 0 Å². The number of hydrogen-bond acceptors (Lipinski definition) is 3. The Bertz CT molecular complexity index is 203. The molecule has 0 radical (unpaired) electrons. The van der Waals surface area contributed by atoms with E-state index in [4.69, 9.17) is 5.14 Å². The topological polar surface area (TPSA) is 72.2 Å². The standard InChI is InChI=1S/C8H19NO2S.C2H7N/c1-2-3-4-5-6-7-8-12(9,10)11;1-3-2/h2-8H2,1H3,(H2,9,10,11);3H,1-2H3. The van der Waals surface area contributed by atoms with Crippen LogP contribution in [0.4, 0.5) is 0 Å². The first kappa shape index (κ1) is 17.3. The molecule has 15 heavy (non-hydrogen) atoms. The molecule has 0 atom stereocenters. The number of sulfonamides is 1. The van der Waals surface area contributed by atoms with Crippen LogP contribution >= 0.6 is 0 Å². The Morgan fingerprint density at radius 1 is 1.00 bits per heavy atom. The first-order chi connectivity index (χ1) is 6.97. The molecule has 0 aromatic rings. The van der Waals surface area contributed by atoms with Gasteiger partial charge in [0.15, 0.2) is 0 Å². The fourth-order valence-electron chi connectivity index (χ4n) is 1.08. The van der Waals surface area contributed by atoms with E-state index in [0.29, 0.717) is 6.42 Å². The third kappa shape index (κ3) is 24.8. The lowest BCUT2D eigenvalue weighted by Crippen LogP contribution is -2.16. The molecule has 0 aliphatic carbocycles. The molecule has 94 valence electrons. The summed E-state index contributed by atoms with van der Waals surface area (Å²) in [6.07, 6.45) is 6.49. The molecule has 0 aliphatic heterocycles. The summed E-state index contributed by atoms with van der Waals surface area (Å²) in [6, 6.07) is 0. The van der Waals surface area contributed by atoms with Crippen molar-refractivity contribution in [3.8, 4) is 0 Å². The molecule has 4 nitrogen and oxygen atoms in total. The first-order valence-corrected chi connectivity index (χ1v) is 7.28. The molecule has 3 N–H and O–H groups in total. The molecule has 0 fully saturated rings. The van der Waals surface area contributed by atoms with Crippen LogP contribution in [-0.4, -0.2) is 28.3 Å². The molecule has 0 bridgehead atoms. The van der Waals surface area contributed by atoms with E-state index in [2.05, 4.69) is 12.2 Å². The van der Waals surface area contributed by atoms with Gasteiger partial charge in [-0.25, -0.2) is 13.6 Å². The molecule has 0 aromatic carbocycles. The minimum absolute atomic E-state index is 0.138. The summed E-state index contributed by atoms with van der Waals surface area (Å²) < 4.78 is 21.0. The SMILES string of the molecule is CCCCCCCCS(N)(=O)=O.CNC. The van der Waals surface area contributed by atoms with Crippen molar-refractivity contribution in [2.24, 2.45) is 5.14 Å². The van der Waals surface area contributed by atoms with Crippen LogP contribution in [0.1, 0.15) is 45.4 Å². The molecule has 0 saturated heterocycles. The van der Waals surface area contributed by atoms with Crippen LogP contribution in [0.25, 0.3) is 0 Å². The van der Waals surface area contributed by atoms with Crippen molar-refractivity contribution >= 4 is 10.0 Å². The van der Waals surface area contributed by atoms with Gasteiger partial charge in [0.1, 0.15) is 0 Å². The van der Waals surface area contributed by atoms with Gasteiger partial charge in [0.05, 0.1) is 5.75 Å². The summed E-state index contributed by atoms with van der Waals surface area (Å²) in [4.78, 5) is 0. The number of unbranched alkanes of at least 4 members (excludes halogenated alkanes) is 5. The molecule has 0 aliphatic rings. The summed E-state index contributed by atoms with van der Waals surface area (Å²) >= 11 is 0. The van der Waals surface area contributed by atoms with E-state index in [1.807, 2.05) is 14.1 Å². The maximum Gasteiger partial charge on any atom is 0.209 e. The minimum Gasteiger partial charge on any atom is -0.323 e. The Labute approximate surface area is 94.7 Å². The third-order valence-electron chi connectivity index (χ3n) is 1.78. The van der Waals surface area contributed by atoms with Crippen molar-refractivity contribution in [1.82, 2.24) is 5.32 Å². The van der Waals surface area contributed by atoms with Gasteiger partial charge in [0, 0.05) is 0 Å². The molecule has 0 amide bonds. The smallest absolute Gasteiger partial charge is 0.209 e. The molecule has 0 aromatic heterocycles. The summed E-state index contributed by atoms with van der Waals surface area (Å²) in [5.74, 6) is 0.138. The highest BCUT2D eigenvalue weighted by molar-refractivity contribution is 7.89. The fourth-order valence-corrected chi connectivity index (χ4v) is 1.69. The zero-order valence-electron chi connectivity index (χ0n) is 10.3. The average Bonchev–Trinajstić information content (AvgIpc) is 2.11. The predicted octanol–water partition coefficient (Wildman–Crippen LogP) is 1.47. The molecule has 0 rings (SSSR count). The maximum atomic E-state index is 10.5. The van der Waals surface area contributed by atoms with Gasteiger partial charge in [0.2, 0.25) is 10.0 Å². The Hall–Kier alpha value is -0.130. The molecule has 0 heterocycles. The second-order valence-electron chi connectivity index (χ2n) is 3.63. The van der Waals surface area contributed by atoms with Crippen LogP contribution < -0.4 is 10.5 Å². The predicted molar refractivity (Wildman–Crippen MR) is 66.3 cm³/mol. The van der Waals surface area contributed by atoms with Crippen LogP contribution in [0.15, 0.2) is 0 Å². The molecular weight excluding hydrogens is 212 g/mol. The monoisotopic (exact) mass is 238 g/mol. The molecule has 0 saturated carbocycles. The molecule has 0 spiro atoms. The zero-order chi connectivity index (χ0) is 12.2. The van der Waals surface area contributed by atoms with Gasteiger partial charge in [-0.2, -0.15) is 0 Å². The summed E-state index contributed by atoms with van der Waals surface area (Å²) in [5, 5.41) is 7.60. The van der Waals surface area contributed by atoms with E-state index in [1.165, 1.54) is 19.3 Å². The minimum atomic E-state index is -3.22. The fraction of sp³-hybridized carbons (Fsp3) is 1.00. The van der Waals surface area contributed by atoms with Gasteiger partial charge in [0.25, 0.3) is 0 Å². The van der Waals surface area contributed by atoms with Crippen molar-refractivity contribution < 1.29 is 8.42 Å². The van der Waals surface area contributed by atoms with Gasteiger partial charge in [-0.05, 0) is 20.5 Å². The van der Waals surface area contributed by atoms with Gasteiger partial charge in [-0.3, -0.25) is 0 Å². The van der Waals surface area contributed by atoms with Crippen molar-refractivity contribution in [3.05, 3.63) is 0 Å². The number of rotatable bonds is 7. The molecule has 5 heteroatoms. The van der Waals surface area contributed by atoms with E-state index in [1.54, 1.807) is 0 Å². The van der Waals surface area contributed by atoms with Crippen LogP contribution in [0.2, 0.25) is 0 Å². The number of hydrogen-bond donors (Lipinski definition) is 2. The molecule has 0 unspecified atom stereocenters. The summed E-state index contributed by atoms with van der Waals surface area (Å²) in [7, 11) is 0.533. The lowest BCUT2D eigenvalue weighted by molar-refractivity contribution is 0.585. The number of primary sulfonamides is 1. The summed E-state index contributed by atoms with van der Waals surface area (Å²) in [6.45, 7) is 2.16. The normalized spacial score (nSPS) is 10.7. The number of nitrogens with two attached hydrogens (primary N) is 1. The highest BCUT2D eigenvalue weighted by atomic mass is 32.2. The Balaban J connectivity index is 0. The average molecular weight is 238 g/mol. The third-order valence-corrected chi connectivity index (χ3v) is 2.64. The van der Waals surface area contributed by atoms with Crippen LogP contribution in [0.5, 0.6) is 0 Å². The van der Waals surface area contributed by atoms with Gasteiger partial charge in [-0.1, -0.05) is 39.0 Å².